The van der Waals surface area contributed by atoms with Crippen LogP contribution in [0.15, 0.2) is 40.7 Å². The maximum Gasteiger partial charge on any atom is 0.227 e. The Morgan fingerprint density at radius 2 is 2.16 bits per heavy atom. The number of aromatic nitrogens is 1. The molecule has 7 heteroatoms. The highest BCUT2D eigenvalue weighted by molar-refractivity contribution is 7.09. The number of carbonyl (C=O) groups is 1. The molecule has 2 aromatic rings. The van der Waals surface area contributed by atoms with Crippen molar-refractivity contribution in [2.45, 2.75) is 19.8 Å². The van der Waals surface area contributed by atoms with E-state index in [0.717, 1.165) is 24.6 Å². The summed E-state index contributed by atoms with van der Waals surface area (Å²) in [5, 5.41) is 8.12. The van der Waals surface area contributed by atoms with Crippen molar-refractivity contribution < 1.29 is 4.79 Å². The number of carbonyl (C=O) groups excluding carboxylic acids is 1. The van der Waals surface area contributed by atoms with Crippen LogP contribution in [0.5, 0.6) is 0 Å². The van der Waals surface area contributed by atoms with Crippen LogP contribution in [0.3, 0.4) is 0 Å². The summed E-state index contributed by atoms with van der Waals surface area (Å²) in [6.45, 7) is 3.29. The van der Waals surface area contributed by atoms with Crippen LogP contribution in [-0.4, -0.2) is 48.9 Å². The number of nitrogens with one attached hydrogen (secondary N) is 2. The third kappa shape index (κ3) is 6.54. The maximum absolute atomic E-state index is 12.0. The van der Waals surface area contributed by atoms with Gasteiger partial charge in [0.15, 0.2) is 5.96 Å². The summed E-state index contributed by atoms with van der Waals surface area (Å²) in [7, 11) is 3.75. The molecule has 0 aliphatic rings. The van der Waals surface area contributed by atoms with Crippen LogP contribution in [0.25, 0.3) is 0 Å². The summed E-state index contributed by atoms with van der Waals surface area (Å²) in [6, 6.07) is 9.76. The molecule has 0 aliphatic heterocycles. The predicted octanol–water partition coefficient (Wildman–Crippen LogP) is 2.53. The topological polar surface area (TPSA) is 69.6 Å². The van der Waals surface area contributed by atoms with E-state index in [4.69, 9.17) is 0 Å². The van der Waals surface area contributed by atoms with Crippen molar-refractivity contribution in [2.75, 3.05) is 32.5 Å². The van der Waals surface area contributed by atoms with E-state index in [9.17, 15) is 4.79 Å². The number of likely N-dealkylation sites (N-methyl/N-ethyl adjacent to an activating group) is 1. The largest absolute Gasteiger partial charge is 0.356 e. The number of hydrogen-bond donors (Lipinski definition) is 2. The van der Waals surface area contributed by atoms with E-state index in [-0.39, 0.29) is 5.91 Å². The molecule has 0 aromatic carbocycles. The average Bonchev–Trinajstić information content (AvgIpc) is 3.10. The lowest BCUT2D eigenvalue weighted by Crippen LogP contribution is -2.41. The summed E-state index contributed by atoms with van der Waals surface area (Å²) in [4.78, 5) is 24.0. The highest BCUT2D eigenvalue weighted by Gasteiger charge is 2.08. The second-order valence-corrected chi connectivity index (χ2v) is 6.72. The minimum atomic E-state index is -0.0673. The van der Waals surface area contributed by atoms with Gasteiger partial charge < -0.3 is 15.5 Å². The van der Waals surface area contributed by atoms with Crippen molar-refractivity contribution in [3.63, 3.8) is 0 Å². The molecule has 0 saturated carbocycles. The average molecular weight is 359 g/mol. The Labute approximate surface area is 153 Å². The lowest BCUT2D eigenvalue weighted by atomic mass is 10.3. The molecule has 0 bridgehead atoms. The molecule has 2 heterocycles. The molecular formula is C18H25N5OS. The number of amides is 1. The predicted molar refractivity (Wildman–Crippen MR) is 104 cm³/mol. The van der Waals surface area contributed by atoms with Crippen LogP contribution in [0, 0.1) is 6.92 Å². The van der Waals surface area contributed by atoms with E-state index in [0.29, 0.717) is 18.8 Å². The van der Waals surface area contributed by atoms with Gasteiger partial charge in [-0.1, -0.05) is 12.1 Å². The molecule has 1 amide bonds. The van der Waals surface area contributed by atoms with Crippen LogP contribution in [0.2, 0.25) is 0 Å². The number of pyridine rings is 1. The number of guanidine groups is 1. The smallest absolute Gasteiger partial charge is 0.227 e. The Balaban J connectivity index is 1.71. The second kappa shape index (κ2) is 9.78. The fourth-order valence-electron chi connectivity index (χ4n) is 2.33. The number of nitrogens with zero attached hydrogens (tertiary/aromatic N) is 3. The van der Waals surface area contributed by atoms with E-state index < -0.39 is 0 Å². The van der Waals surface area contributed by atoms with Gasteiger partial charge in [0, 0.05) is 44.2 Å². The van der Waals surface area contributed by atoms with Crippen LogP contribution in [0.1, 0.15) is 17.0 Å². The fraction of sp³-hybridized carbons (Fsp3) is 0.389. The van der Waals surface area contributed by atoms with Crippen LogP contribution in [0.4, 0.5) is 5.82 Å². The van der Waals surface area contributed by atoms with Crippen molar-refractivity contribution in [3.8, 4) is 0 Å². The summed E-state index contributed by atoms with van der Waals surface area (Å²) < 4.78 is 0. The molecule has 25 heavy (non-hydrogen) atoms. The Hall–Kier alpha value is -2.41. The van der Waals surface area contributed by atoms with E-state index in [1.165, 1.54) is 4.88 Å². The molecule has 0 unspecified atom stereocenters. The van der Waals surface area contributed by atoms with Crippen LogP contribution in [-0.2, 0) is 11.2 Å². The molecular weight excluding hydrogens is 334 g/mol. The molecule has 2 rings (SSSR count). The van der Waals surface area contributed by atoms with Crippen molar-refractivity contribution in [1.82, 2.24) is 15.2 Å². The van der Waals surface area contributed by atoms with Crippen molar-refractivity contribution in [2.24, 2.45) is 4.99 Å². The van der Waals surface area contributed by atoms with Gasteiger partial charge in [0.1, 0.15) is 5.82 Å². The number of anilines is 1. The first-order chi connectivity index (χ1) is 12.1. The molecule has 0 fully saturated rings. The third-order valence-corrected chi connectivity index (χ3v) is 4.57. The number of aliphatic imine (C=N–C) groups is 1. The highest BCUT2D eigenvalue weighted by Crippen LogP contribution is 2.09. The maximum atomic E-state index is 12.0. The molecule has 134 valence electrons. The van der Waals surface area contributed by atoms with E-state index in [1.54, 1.807) is 24.5 Å². The van der Waals surface area contributed by atoms with Gasteiger partial charge >= 0.3 is 0 Å². The first-order valence-electron chi connectivity index (χ1n) is 8.26. The van der Waals surface area contributed by atoms with Crippen molar-refractivity contribution in [1.29, 1.82) is 0 Å². The normalized spacial score (nSPS) is 11.2. The number of thiophene rings is 1. The van der Waals surface area contributed by atoms with Crippen LogP contribution >= 0.6 is 11.3 Å². The van der Waals surface area contributed by atoms with Gasteiger partial charge in [-0.2, -0.15) is 0 Å². The Morgan fingerprint density at radius 1 is 1.32 bits per heavy atom. The zero-order valence-corrected chi connectivity index (χ0v) is 15.8. The van der Waals surface area contributed by atoms with Crippen LogP contribution < -0.4 is 10.6 Å². The minimum absolute atomic E-state index is 0.0673. The standard InChI is InChI=1S/C18H25N5OS/c1-14-6-4-8-16(21-14)22-17(24)9-11-20-18(19-2)23(3)12-10-15-7-5-13-25-15/h4-8,13H,9-12H2,1-3H3,(H,19,20)(H,21,22,24). The molecule has 0 spiro atoms. The van der Waals surface area contributed by atoms with Crippen molar-refractivity contribution in [3.05, 3.63) is 46.3 Å². The zero-order valence-electron chi connectivity index (χ0n) is 15.0. The highest BCUT2D eigenvalue weighted by atomic mass is 32.1. The van der Waals surface area contributed by atoms with E-state index in [1.807, 2.05) is 26.1 Å². The van der Waals surface area contributed by atoms with E-state index in [2.05, 4.69) is 43.0 Å². The van der Waals surface area contributed by atoms with Gasteiger partial charge in [-0.3, -0.25) is 9.79 Å². The minimum Gasteiger partial charge on any atom is -0.356 e. The molecule has 0 aliphatic carbocycles. The van der Waals surface area contributed by atoms with Gasteiger partial charge in [-0.15, -0.1) is 11.3 Å². The molecule has 2 aromatic heterocycles. The van der Waals surface area contributed by atoms with Gasteiger partial charge in [-0.05, 0) is 36.9 Å². The summed E-state index contributed by atoms with van der Waals surface area (Å²) in [6.07, 6.45) is 1.34. The van der Waals surface area contributed by atoms with Gasteiger partial charge in [0.2, 0.25) is 5.91 Å². The van der Waals surface area contributed by atoms with E-state index >= 15 is 0 Å². The first-order valence-corrected chi connectivity index (χ1v) is 9.14. The van der Waals surface area contributed by atoms with Crippen molar-refractivity contribution >= 4 is 29.0 Å². The summed E-state index contributed by atoms with van der Waals surface area (Å²) in [5.41, 5.74) is 0.878. The lowest BCUT2D eigenvalue weighted by Gasteiger charge is -2.21. The second-order valence-electron chi connectivity index (χ2n) is 5.69. The number of rotatable bonds is 7. The molecule has 0 radical (unpaired) electrons. The summed E-state index contributed by atoms with van der Waals surface area (Å²) in [5.74, 6) is 1.31. The Kier molecular flexibility index (Phi) is 7.40. The van der Waals surface area contributed by atoms with Gasteiger partial charge in [0.05, 0.1) is 0 Å². The summed E-state index contributed by atoms with van der Waals surface area (Å²) >= 11 is 1.76. The number of aryl methyl sites for hydroxylation is 1. The zero-order chi connectivity index (χ0) is 18.1. The lowest BCUT2D eigenvalue weighted by molar-refractivity contribution is -0.116. The third-order valence-electron chi connectivity index (χ3n) is 3.64. The molecule has 2 N–H and O–H groups in total. The Morgan fingerprint density at radius 3 is 2.84 bits per heavy atom. The van der Waals surface area contributed by atoms with Gasteiger partial charge in [-0.25, -0.2) is 4.98 Å². The van der Waals surface area contributed by atoms with Gasteiger partial charge in [0.25, 0.3) is 0 Å². The SMILES string of the molecule is CN=C(NCCC(=O)Nc1cccc(C)n1)N(C)CCc1cccs1. The monoisotopic (exact) mass is 359 g/mol. The fourth-order valence-corrected chi connectivity index (χ4v) is 3.03. The number of hydrogen-bond acceptors (Lipinski definition) is 4. The quantitative estimate of drug-likeness (QED) is 0.589. The first kappa shape index (κ1) is 18.9. The molecule has 6 nitrogen and oxygen atoms in total. The molecule has 0 saturated heterocycles. The molecule has 0 atom stereocenters. The Bertz CT molecular complexity index is 699.